The fourth-order valence-electron chi connectivity index (χ4n) is 1.97. The first-order valence-electron chi connectivity index (χ1n) is 5.99. The number of aryl methyl sites for hydroxylation is 1. The van der Waals surface area contributed by atoms with Gasteiger partial charge in [0.05, 0.1) is 17.8 Å². The Morgan fingerprint density at radius 3 is 2.83 bits per heavy atom. The minimum absolute atomic E-state index is 0.523. The first-order valence-corrected chi connectivity index (χ1v) is 6.78. The number of pyridine rings is 1. The van der Waals surface area contributed by atoms with Gasteiger partial charge < -0.3 is 10.1 Å². The van der Waals surface area contributed by atoms with E-state index >= 15 is 0 Å². The van der Waals surface area contributed by atoms with Gasteiger partial charge in [-0.1, -0.05) is 12.1 Å². The monoisotopic (exact) mass is 308 g/mol. The van der Waals surface area contributed by atoms with Crippen LogP contribution in [0.2, 0.25) is 0 Å². The predicted octanol–water partition coefficient (Wildman–Crippen LogP) is 3.88. The predicted molar refractivity (Wildman–Crippen MR) is 79.1 cm³/mol. The third-order valence-electron chi connectivity index (χ3n) is 2.83. The lowest BCUT2D eigenvalue weighted by molar-refractivity contribution is 0.182. The summed E-state index contributed by atoms with van der Waals surface area (Å²) in [5.74, 6) is 0. The molecular formula is C14H17BrN2O. The molecule has 96 valence electrons. The molecule has 0 bridgehead atoms. The number of hydrogen-bond donors (Lipinski definition) is 1. The highest BCUT2D eigenvalue weighted by atomic mass is 79.9. The maximum atomic E-state index is 5.17. The first kappa shape index (κ1) is 13.3. The van der Waals surface area contributed by atoms with Crippen molar-refractivity contribution in [3.8, 4) is 0 Å². The van der Waals surface area contributed by atoms with Crippen LogP contribution in [-0.4, -0.2) is 18.6 Å². The van der Waals surface area contributed by atoms with Crippen LogP contribution < -0.4 is 5.32 Å². The summed E-state index contributed by atoms with van der Waals surface area (Å²) in [5, 5.41) is 4.51. The third-order valence-corrected chi connectivity index (χ3v) is 3.83. The minimum atomic E-state index is 0.523. The van der Waals surface area contributed by atoms with Crippen molar-refractivity contribution in [3.05, 3.63) is 33.9 Å². The molecule has 1 aromatic carbocycles. The molecule has 1 aromatic heterocycles. The highest BCUT2D eigenvalue weighted by Crippen LogP contribution is 2.31. The third kappa shape index (κ3) is 2.49. The Hall–Kier alpha value is -1.13. The van der Waals surface area contributed by atoms with E-state index in [1.165, 1.54) is 5.56 Å². The van der Waals surface area contributed by atoms with E-state index in [0.717, 1.165) is 33.3 Å². The molecule has 3 nitrogen and oxygen atoms in total. The van der Waals surface area contributed by atoms with E-state index in [0.29, 0.717) is 6.61 Å². The summed E-state index contributed by atoms with van der Waals surface area (Å²) in [4.78, 5) is 4.66. The number of rotatable bonds is 4. The lowest BCUT2D eigenvalue weighted by Crippen LogP contribution is -2.02. The molecule has 0 spiro atoms. The van der Waals surface area contributed by atoms with Gasteiger partial charge in [-0.15, -0.1) is 0 Å². The summed E-state index contributed by atoms with van der Waals surface area (Å²) in [6.45, 7) is 5.57. The van der Waals surface area contributed by atoms with Gasteiger partial charge in [0, 0.05) is 29.2 Å². The second-order valence-electron chi connectivity index (χ2n) is 4.22. The smallest absolute Gasteiger partial charge is 0.0885 e. The zero-order valence-corrected chi connectivity index (χ0v) is 12.5. The maximum Gasteiger partial charge on any atom is 0.0885 e. The summed E-state index contributed by atoms with van der Waals surface area (Å²) < 4.78 is 6.23. The average molecular weight is 309 g/mol. The van der Waals surface area contributed by atoms with Crippen LogP contribution in [0.25, 0.3) is 10.9 Å². The lowest BCUT2D eigenvalue weighted by atomic mass is 10.1. The number of nitrogens with zero attached hydrogens (tertiary/aromatic N) is 1. The van der Waals surface area contributed by atoms with E-state index in [9.17, 15) is 0 Å². The van der Waals surface area contributed by atoms with E-state index in [-0.39, 0.29) is 0 Å². The number of fused-ring (bicyclic) bond motifs is 1. The van der Waals surface area contributed by atoms with Gasteiger partial charge >= 0.3 is 0 Å². The summed E-state index contributed by atoms with van der Waals surface area (Å²) >= 11 is 3.62. The molecule has 0 aliphatic heterocycles. The van der Waals surface area contributed by atoms with Crippen LogP contribution in [0.5, 0.6) is 0 Å². The van der Waals surface area contributed by atoms with Crippen LogP contribution in [0.1, 0.15) is 18.2 Å². The van der Waals surface area contributed by atoms with E-state index in [1.807, 2.05) is 0 Å². The molecule has 18 heavy (non-hydrogen) atoms. The van der Waals surface area contributed by atoms with Gasteiger partial charge in [-0.05, 0) is 41.4 Å². The largest absolute Gasteiger partial charge is 0.385 e. The molecule has 4 heteroatoms. The summed E-state index contributed by atoms with van der Waals surface area (Å²) in [6, 6.07) is 6.26. The van der Waals surface area contributed by atoms with Crippen LogP contribution in [0, 0.1) is 6.92 Å². The van der Waals surface area contributed by atoms with Gasteiger partial charge in [0.25, 0.3) is 0 Å². The van der Waals surface area contributed by atoms with E-state index < -0.39 is 0 Å². The Kier molecular flexibility index (Phi) is 4.19. The second kappa shape index (κ2) is 5.67. The SMILES string of the molecule is CCNc1cc(COC)nc2c(Br)c(C)ccc12. The second-order valence-corrected chi connectivity index (χ2v) is 5.01. The Balaban J connectivity index is 2.68. The molecule has 0 fully saturated rings. The molecule has 0 aliphatic carbocycles. The van der Waals surface area contributed by atoms with Gasteiger partial charge in [-0.3, -0.25) is 0 Å². The number of halogens is 1. The van der Waals surface area contributed by atoms with Gasteiger partial charge in [0.2, 0.25) is 0 Å². The molecule has 0 saturated carbocycles. The average Bonchev–Trinajstić information content (AvgIpc) is 2.35. The van der Waals surface area contributed by atoms with Crippen LogP contribution in [0.3, 0.4) is 0 Å². The number of nitrogens with one attached hydrogen (secondary N) is 1. The molecule has 0 unspecified atom stereocenters. The van der Waals surface area contributed by atoms with Gasteiger partial charge in [0.15, 0.2) is 0 Å². The summed E-state index contributed by atoms with van der Waals surface area (Å²) in [7, 11) is 1.68. The van der Waals surface area contributed by atoms with Crippen molar-refractivity contribution in [1.29, 1.82) is 0 Å². The summed E-state index contributed by atoms with van der Waals surface area (Å²) in [5.41, 5.74) is 4.22. The number of methoxy groups -OCH3 is 1. The van der Waals surface area contributed by atoms with Crippen LogP contribution in [0.15, 0.2) is 22.7 Å². The van der Waals surface area contributed by atoms with Gasteiger partial charge in [-0.25, -0.2) is 4.98 Å². The Morgan fingerprint density at radius 2 is 2.17 bits per heavy atom. The molecule has 0 radical (unpaired) electrons. The van der Waals surface area contributed by atoms with Crippen molar-refractivity contribution in [1.82, 2.24) is 4.98 Å². The topological polar surface area (TPSA) is 34.1 Å². The maximum absolute atomic E-state index is 5.17. The molecular weight excluding hydrogens is 292 g/mol. The number of aromatic nitrogens is 1. The molecule has 0 atom stereocenters. The number of ether oxygens (including phenoxy) is 1. The first-order chi connectivity index (χ1) is 8.67. The number of benzene rings is 1. The van der Waals surface area contributed by atoms with Crippen LogP contribution in [0.4, 0.5) is 5.69 Å². The van der Waals surface area contributed by atoms with Crippen LogP contribution >= 0.6 is 15.9 Å². The lowest BCUT2D eigenvalue weighted by Gasteiger charge is -2.12. The van der Waals surface area contributed by atoms with Crippen molar-refractivity contribution in [3.63, 3.8) is 0 Å². The number of hydrogen-bond acceptors (Lipinski definition) is 3. The quantitative estimate of drug-likeness (QED) is 0.930. The minimum Gasteiger partial charge on any atom is -0.385 e. The number of anilines is 1. The Bertz CT molecular complexity index is 569. The van der Waals surface area contributed by atoms with Crippen molar-refractivity contribution in [2.45, 2.75) is 20.5 Å². The molecule has 1 N–H and O–H groups in total. The molecule has 0 saturated heterocycles. The van der Waals surface area contributed by atoms with Crippen molar-refractivity contribution in [2.24, 2.45) is 0 Å². The normalized spacial score (nSPS) is 10.9. The molecule has 0 amide bonds. The van der Waals surface area contributed by atoms with Crippen molar-refractivity contribution >= 4 is 32.5 Å². The van der Waals surface area contributed by atoms with E-state index in [2.05, 4.69) is 58.3 Å². The molecule has 1 heterocycles. The van der Waals surface area contributed by atoms with E-state index in [1.54, 1.807) is 7.11 Å². The zero-order chi connectivity index (χ0) is 13.1. The standard InChI is InChI=1S/C14H17BrN2O/c1-4-16-12-7-10(8-18-3)17-14-11(12)6-5-9(2)13(14)15/h5-7H,4,8H2,1-3H3,(H,16,17). The summed E-state index contributed by atoms with van der Waals surface area (Å²) in [6.07, 6.45) is 0. The molecule has 2 aromatic rings. The molecule has 2 rings (SSSR count). The van der Waals surface area contributed by atoms with Crippen LogP contribution in [-0.2, 0) is 11.3 Å². The van der Waals surface area contributed by atoms with Gasteiger partial charge in [0.1, 0.15) is 0 Å². The highest BCUT2D eigenvalue weighted by molar-refractivity contribution is 9.10. The zero-order valence-electron chi connectivity index (χ0n) is 10.9. The fraction of sp³-hybridized carbons (Fsp3) is 0.357. The molecule has 0 aliphatic rings. The van der Waals surface area contributed by atoms with Crippen molar-refractivity contribution < 1.29 is 4.74 Å². The van der Waals surface area contributed by atoms with Crippen molar-refractivity contribution in [2.75, 3.05) is 19.0 Å². The Labute approximate surface area is 116 Å². The van der Waals surface area contributed by atoms with E-state index in [4.69, 9.17) is 4.74 Å². The highest BCUT2D eigenvalue weighted by Gasteiger charge is 2.09. The Morgan fingerprint density at radius 1 is 1.39 bits per heavy atom. The fourth-order valence-corrected chi connectivity index (χ4v) is 2.41. The van der Waals surface area contributed by atoms with Gasteiger partial charge in [-0.2, -0.15) is 0 Å².